The molecule has 0 aromatic carbocycles. The van der Waals surface area contributed by atoms with Gasteiger partial charge >= 0.3 is 17.9 Å². The van der Waals surface area contributed by atoms with Crippen LogP contribution >= 0.6 is 0 Å². The number of carbonyl (C=O) groups is 3. The van der Waals surface area contributed by atoms with Gasteiger partial charge in [0, 0.05) is 19.3 Å². The van der Waals surface area contributed by atoms with Gasteiger partial charge in [-0.2, -0.15) is 0 Å². The van der Waals surface area contributed by atoms with Crippen molar-refractivity contribution in [1.82, 2.24) is 0 Å². The standard InChI is InChI=1S/C73H128O6/c1-4-7-10-13-16-19-22-25-28-31-33-34-35-36-37-38-40-42-45-48-51-54-57-60-63-66-72(75)78-69-70(68-77-71(74)65-62-59-56-53-50-47-44-41-30-27-24-21-18-15-12-9-6-3)79-73(76)67-64-61-58-55-52-49-46-43-39-32-29-26-23-20-17-14-11-8-5-2/h7,10,16-17,19-20,25-30,33-34,70H,4-6,8-9,11-15,18,21-24,31-32,35-69H2,1-3H3/b10-7-,19-16-,20-17-,28-25-,29-26-,30-27-,34-33-. The largest absolute Gasteiger partial charge is 0.462 e. The molecular weight excluding hydrogens is 973 g/mol. The van der Waals surface area contributed by atoms with Gasteiger partial charge in [-0.25, -0.2) is 0 Å². The molecule has 0 aromatic heterocycles. The molecular formula is C73H128O6. The molecule has 456 valence electrons. The highest BCUT2D eigenvalue weighted by Crippen LogP contribution is 2.17. The van der Waals surface area contributed by atoms with Gasteiger partial charge in [-0.3, -0.25) is 14.4 Å². The van der Waals surface area contributed by atoms with Gasteiger partial charge in [-0.1, -0.05) is 292 Å². The fraction of sp³-hybridized carbons (Fsp3) is 0.767. The Hall–Kier alpha value is -3.41. The molecule has 0 heterocycles. The third-order valence-electron chi connectivity index (χ3n) is 14.9. The van der Waals surface area contributed by atoms with Crippen LogP contribution in [-0.2, 0) is 28.6 Å². The number of hydrogen-bond acceptors (Lipinski definition) is 6. The van der Waals surface area contributed by atoms with Gasteiger partial charge in [-0.15, -0.1) is 0 Å². The zero-order valence-electron chi connectivity index (χ0n) is 52.4. The molecule has 0 amide bonds. The first kappa shape index (κ1) is 75.6. The molecule has 0 saturated heterocycles. The van der Waals surface area contributed by atoms with E-state index in [0.29, 0.717) is 19.3 Å². The van der Waals surface area contributed by atoms with E-state index in [1.807, 2.05) is 0 Å². The first-order valence-corrected chi connectivity index (χ1v) is 34.1. The van der Waals surface area contributed by atoms with E-state index in [-0.39, 0.29) is 31.1 Å². The molecule has 0 aliphatic carbocycles. The van der Waals surface area contributed by atoms with Gasteiger partial charge in [0.1, 0.15) is 13.2 Å². The Morgan fingerprint density at radius 3 is 0.810 bits per heavy atom. The molecule has 0 N–H and O–H groups in total. The van der Waals surface area contributed by atoms with E-state index >= 15 is 0 Å². The number of carbonyl (C=O) groups excluding carboxylic acids is 3. The highest BCUT2D eigenvalue weighted by atomic mass is 16.6. The minimum absolute atomic E-state index is 0.0785. The number of unbranched alkanes of at least 4 members (excludes halogenated alkanes) is 37. The molecule has 0 aliphatic heterocycles. The third-order valence-corrected chi connectivity index (χ3v) is 14.9. The van der Waals surface area contributed by atoms with Crippen LogP contribution in [0.3, 0.4) is 0 Å². The zero-order valence-corrected chi connectivity index (χ0v) is 52.4. The Labute approximate surface area is 490 Å². The molecule has 0 saturated carbocycles. The average Bonchev–Trinajstić information content (AvgIpc) is 3.45. The molecule has 0 aliphatic rings. The first-order chi connectivity index (χ1) is 39.0. The molecule has 0 radical (unpaired) electrons. The fourth-order valence-electron chi connectivity index (χ4n) is 9.76. The normalized spacial score (nSPS) is 12.6. The van der Waals surface area contributed by atoms with Gasteiger partial charge in [-0.05, 0) is 116 Å². The van der Waals surface area contributed by atoms with Crippen molar-refractivity contribution in [3.8, 4) is 0 Å². The van der Waals surface area contributed by atoms with Crippen molar-refractivity contribution in [2.75, 3.05) is 13.2 Å². The smallest absolute Gasteiger partial charge is 0.306 e. The first-order valence-electron chi connectivity index (χ1n) is 34.1. The van der Waals surface area contributed by atoms with Crippen LogP contribution in [0.2, 0.25) is 0 Å². The quantitative estimate of drug-likeness (QED) is 0.0261. The number of esters is 3. The summed E-state index contributed by atoms with van der Waals surface area (Å²) in [6.45, 7) is 6.54. The molecule has 0 bridgehead atoms. The molecule has 0 spiro atoms. The third kappa shape index (κ3) is 65.3. The van der Waals surface area contributed by atoms with E-state index in [1.54, 1.807) is 0 Å². The van der Waals surface area contributed by atoms with E-state index in [0.717, 1.165) is 89.9 Å². The summed E-state index contributed by atoms with van der Waals surface area (Å²) in [7, 11) is 0. The minimum atomic E-state index is -0.783. The maximum absolute atomic E-state index is 12.9. The Morgan fingerprint density at radius 2 is 0.494 bits per heavy atom. The van der Waals surface area contributed by atoms with Crippen molar-refractivity contribution in [2.45, 2.75) is 348 Å². The predicted molar refractivity (Wildman–Crippen MR) is 344 cm³/mol. The molecule has 0 rings (SSSR count). The lowest BCUT2D eigenvalue weighted by molar-refractivity contribution is -0.167. The maximum atomic E-state index is 12.9. The van der Waals surface area contributed by atoms with Crippen LogP contribution in [0.5, 0.6) is 0 Å². The van der Waals surface area contributed by atoms with Crippen molar-refractivity contribution < 1.29 is 28.6 Å². The molecule has 6 heteroatoms. The predicted octanol–water partition coefficient (Wildman–Crippen LogP) is 23.4. The van der Waals surface area contributed by atoms with Crippen molar-refractivity contribution in [2.24, 2.45) is 0 Å². The van der Waals surface area contributed by atoms with E-state index < -0.39 is 6.10 Å². The van der Waals surface area contributed by atoms with Gasteiger partial charge in [0.05, 0.1) is 0 Å². The van der Waals surface area contributed by atoms with Crippen molar-refractivity contribution in [1.29, 1.82) is 0 Å². The monoisotopic (exact) mass is 1100 g/mol. The molecule has 0 fully saturated rings. The summed E-state index contributed by atoms with van der Waals surface area (Å²) in [5.41, 5.74) is 0. The Morgan fingerprint density at radius 1 is 0.266 bits per heavy atom. The van der Waals surface area contributed by atoms with E-state index in [4.69, 9.17) is 14.2 Å². The van der Waals surface area contributed by atoms with Crippen LogP contribution in [0, 0.1) is 0 Å². The topological polar surface area (TPSA) is 78.9 Å². The molecule has 6 nitrogen and oxygen atoms in total. The summed E-state index contributed by atoms with van der Waals surface area (Å²) in [5, 5.41) is 0. The lowest BCUT2D eigenvalue weighted by Crippen LogP contribution is -2.30. The van der Waals surface area contributed by atoms with Crippen LogP contribution < -0.4 is 0 Å². The molecule has 79 heavy (non-hydrogen) atoms. The second-order valence-electron chi connectivity index (χ2n) is 22.7. The highest BCUT2D eigenvalue weighted by molar-refractivity contribution is 5.71. The zero-order chi connectivity index (χ0) is 57.1. The summed E-state index contributed by atoms with van der Waals surface area (Å²) in [6.07, 6.45) is 88.7. The van der Waals surface area contributed by atoms with Gasteiger partial charge < -0.3 is 14.2 Å². The Balaban J connectivity index is 4.34. The van der Waals surface area contributed by atoms with Crippen LogP contribution in [0.4, 0.5) is 0 Å². The highest BCUT2D eigenvalue weighted by Gasteiger charge is 2.19. The maximum Gasteiger partial charge on any atom is 0.306 e. The van der Waals surface area contributed by atoms with E-state index in [1.165, 1.54) is 212 Å². The summed E-state index contributed by atoms with van der Waals surface area (Å²) in [6, 6.07) is 0. The summed E-state index contributed by atoms with van der Waals surface area (Å²) in [5.74, 6) is -0.872. The Bertz CT molecular complexity index is 1500. The minimum Gasteiger partial charge on any atom is -0.462 e. The van der Waals surface area contributed by atoms with Crippen molar-refractivity contribution in [3.63, 3.8) is 0 Å². The fourth-order valence-corrected chi connectivity index (χ4v) is 9.76. The van der Waals surface area contributed by atoms with Crippen LogP contribution in [0.1, 0.15) is 342 Å². The molecule has 1 atom stereocenters. The lowest BCUT2D eigenvalue weighted by Gasteiger charge is -2.18. The average molecular weight is 1100 g/mol. The number of allylic oxidation sites excluding steroid dienone is 14. The summed E-state index contributed by atoms with van der Waals surface area (Å²) < 4.78 is 17.0. The second kappa shape index (κ2) is 67.1. The van der Waals surface area contributed by atoms with Gasteiger partial charge in [0.2, 0.25) is 0 Å². The number of ether oxygens (including phenoxy) is 3. The van der Waals surface area contributed by atoms with Gasteiger partial charge in [0.25, 0.3) is 0 Å². The second-order valence-corrected chi connectivity index (χ2v) is 22.7. The molecule has 1 unspecified atom stereocenters. The Kier molecular flexibility index (Phi) is 64.2. The van der Waals surface area contributed by atoms with Crippen molar-refractivity contribution >= 4 is 17.9 Å². The van der Waals surface area contributed by atoms with Crippen molar-refractivity contribution in [3.05, 3.63) is 85.1 Å². The summed E-state index contributed by atoms with van der Waals surface area (Å²) in [4.78, 5) is 38.4. The van der Waals surface area contributed by atoms with Gasteiger partial charge in [0.15, 0.2) is 6.10 Å². The van der Waals surface area contributed by atoms with Crippen LogP contribution in [-0.4, -0.2) is 37.2 Å². The van der Waals surface area contributed by atoms with Crippen LogP contribution in [0.15, 0.2) is 85.1 Å². The van der Waals surface area contributed by atoms with Crippen LogP contribution in [0.25, 0.3) is 0 Å². The number of hydrogen-bond donors (Lipinski definition) is 0. The summed E-state index contributed by atoms with van der Waals surface area (Å²) >= 11 is 0. The number of rotatable bonds is 62. The SMILES string of the molecule is CC/C=C\C/C=C\C/C=C\C/C=C\CCCCCCCCCCCCCCC(=O)OCC(COC(=O)CCCCCCCCC/C=C\CCCCCCCC)OC(=O)CCCCCCCCCCC/C=C\C/C=C\CCCCC. The molecule has 0 aromatic rings. The van der Waals surface area contributed by atoms with E-state index in [2.05, 4.69) is 106 Å². The lowest BCUT2D eigenvalue weighted by atomic mass is 10.0. The van der Waals surface area contributed by atoms with E-state index in [9.17, 15) is 14.4 Å².